The molecule has 0 aromatic heterocycles. The van der Waals surface area contributed by atoms with Crippen LogP contribution >= 0.6 is 0 Å². The first-order chi connectivity index (χ1) is 4.88. The Morgan fingerprint density at radius 1 is 1.50 bits per heavy atom. The lowest BCUT2D eigenvalue weighted by molar-refractivity contribution is 0.0507. The molecule has 0 unspecified atom stereocenters. The second-order valence-electron chi connectivity index (χ2n) is 2.82. The van der Waals surface area contributed by atoms with Gasteiger partial charge in [0.2, 0.25) is 0 Å². The third-order valence-corrected chi connectivity index (χ3v) is 2.20. The SMILES string of the molecule is CCO[C@@H]1CCC[C@@H]1NC. The zero-order valence-corrected chi connectivity index (χ0v) is 6.89. The topological polar surface area (TPSA) is 21.3 Å². The Bertz CT molecular complexity index is 95.3. The molecule has 0 amide bonds. The highest BCUT2D eigenvalue weighted by Gasteiger charge is 2.25. The summed E-state index contributed by atoms with van der Waals surface area (Å²) in [6.07, 6.45) is 4.31. The van der Waals surface area contributed by atoms with Gasteiger partial charge in [-0.1, -0.05) is 0 Å². The van der Waals surface area contributed by atoms with Gasteiger partial charge in [0.15, 0.2) is 0 Å². The van der Waals surface area contributed by atoms with Crippen LogP contribution in [0, 0.1) is 0 Å². The summed E-state index contributed by atoms with van der Waals surface area (Å²) in [4.78, 5) is 0. The van der Waals surface area contributed by atoms with Crippen LogP contribution in [-0.2, 0) is 4.74 Å². The van der Waals surface area contributed by atoms with Crippen molar-refractivity contribution in [3.05, 3.63) is 0 Å². The van der Waals surface area contributed by atoms with Crippen LogP contribution in [0.3, 0.4) is 0 Å². The first-order valence-corrected chi connectivity index (χ1v) is 4.17. The van der Waals surface area contributed by atoms with Crippen LogP contribution in [0.5, 0.6) is 0 Å². The highest BCUT2D eigenvalue weighted by atomic mass is 16.5. The molecule has 0 aromatic rings. The van der Waals surface area contributed by atoms with E-state index in [0.717, 1.165) is 6.61 Å². The van der Waals surface area contributed by atoms with Gasteiger partial charge in [0, 0.05) is 12.6 Å². The van der Waals surface area contributed by atoms with Gasteiger partial charge in [0.1, 0.15) is 0 Å². The summed E-state index contributed by atoms with van der Waals surface area (Å²) in [6.45, 7) is 2.91. The predicted octanol–water partition coefficient (Wildman–Crippen LogP) is 1.16. The second kappa shape index (κ2) is 3.94. The van der Waals surface area contributed by atoms with Crippen LogP contribution in [0.4, 0.5) is 0 Å². The monoisotopic (exact) mass is 143 g/mol. The fourth-order valence-corrected chi connectivity index (χ4v) is 1.67. The van der Waals surface area contributed by atoms with Crippen molar-refractivity contribution in [3.63, 3.8) is 0 Å². The summed E-state index contributed by atoms with van der Waals surface area (Å²) in [5.41, 5.74) is 0. The molecule has 2 heteroatoms. The molecular weight excluding hydrogens is 126 g/mol. The van der Waals surface area contributed by atoms with E-state index in [9.17, 15) is 0 Å². The molecule has 0 bridgehead atoms. The van der Waals surface area contributed by atoms with Gasteiger partial charge >= 0.3 is 0 Å². The molecule has 0 aromatic carbocycles. The van der Waals surface area contributed by atoms with E-state index in [2.05, 4.69) is 12.2 Å². The van der Waals surface area contributed by atoms with E-state index in [-0.39, 0.29) is 0 Å². The smallest absolute Gasteiger partial charge is 0.0727 e. The third kappa shape index (κ3) is 1.70. The van der Waals surface area contributed by atoms with Gasteiger partial charge in [-0.15, -0.1) is 0 Å². The maximum Gasteiger partial charge on any atom is 0.0727 e. The average Bonchev–Trinajstić information content (AvgIpc) is 2.36. The summed E-state index contributed by atoms with van der Waals surface area (Å²) >= 11 is 0. The van der Waals surface area contributed by atoms with Crippen LogP contribution in [0.1, 0.15) is 26.2 Å². The molecule has 10 heavy (non-hydrogen) atoms. The van der Waals surface area contributed by atoms with Crippen molar-refractivity contribution >= 4 is 0 Å². The Morgan fingerprint density at radius 2 is 2.30 bits per heavy atom. The number of likely N-dealkylation sites (N-methyl/N-ethyl adjacent to an activating group) is 1. The van der Waals surface area contributed by atoms with E-state index in [1.807, 2.05) is 7.05 Å². The second-order valence-corrected chi connectivity index (χ2v) is 2.82. The van der Waals surface area contributed by atoms with Crippen molar-refractivity contribution in [2.75, 3.05) is 13.7 Å². The molecule has 0 radical (unpaired) electrons. The van der Waals surface area contributed by atoms with Gasteiger partial charge in [-0.05, 0) is 33.2 Å². The van der Waals surface area contributed by atoms with Crippen LogP contribution in [-0.4, -0.2) is 25.8 Å². The molecule has 0 heterocycles. The van der Waals surface area contributed by atoms with E-state index < -0.39 is 0 Å². The summed E-state index contributed by atoms with van der Waals surface area (Å²) in [5.74, 6) is 0. The number of rotatable bonds is 3. The lowest BCUT2D eigenvalue weighted by Crippen LogP contribution is -2.34. The summed E-state index contributed by atoms with van der Waals surface area (Å²) in [7, 11) is 2.02. The van der Waals surface area contributed by atoms with Crippen LogP contribution in [0.15, 0.2) is 0 Å². The van der Waals surface area contributed by atoms with Crippen LogP contribution in [0.25, 0.3) is 0 Å². The fraction of sp³-hybridized carbons (Fsp3) is 1.00. The molecule has 0 spiro atoms. The van der Waals surface area contributed by atoms with E-state index >= 15 is 0 Å². The molecule has 1 saturated carbocycles. The van der Waals surface area contributed by atoms with E-state index in [1.54, 1.807) is 0 Å². The molecule has 2 atom stereocenters. The van der Waals surface area contributed by atoms with Crippen LogP contribution < -0.4 is 5.32 Å². The predicted molar refractivity (Wildman–Crippen MR) is 42.1 cm³/mol. The summed E-state index contributed by atoms with van der Waals surface area (Å²) in [6, 6.07) is 0.611. The van der Waals surface area contributed by atoms with E-state index in [4.69, 9.17) is 4.74 Å². The summed E-state index contributed by atoms with van der Waals surface area (Å²) < 4.78 is 5.54. The van der Waals surface area contributed by atoms with E-state index in [0.29, 0.717) is 12.1 Å². The highest BCUT2D eigenvalue weighted by Crippen LogP contribution is 2.21. The Hall–Kier alpha value is -0.0800. The van der Waals surface area contributed by atoms with Crippen molar-refractivity contribution in [1.29, 1.82) is 0 Å². The first-order valence-electron chi connectivity index (χ1n) is 4.17. The zero-order valence-electron chi connectivity index (χ0n) is 6.89. The first kappa shape index (κ1) is 8.02. The maximum absolute atomic E-state index is 5.54. The Balaban J connectivity index is 2.27. The Labute approximate surface area is 63.0 Å². The largest absolute Gasteiger partial charge is 0.377 e. The van der Waals surface area contributed by atoms with Gasteiger partial charge in [-0.2, -0.15) is 0 Å². The van der Waals surface area contributed by atoms with Crippen molar-refractivity contribution < 1.29 is 4.74 Å². The van der Waals surface area contributed by atoms with Gasteiger partial charge in [-0.3, -0.25) is 0 Å². The zero-order chi connectivity index (χ0) is 7.40. The lowest BCUT2D eigenvalue weighted by atomic mass is 10.2. The molecule has 1 rings (SSSR count). The molecular formula is C8H17NO. The summed E-state index contributed by atoms with van der Waals surface area (Å²) in [5, 5.41) is 3.27. The van der Waals surface area contributed by atoms with Crippen molar-refractivity contribution in [3.8, 4) is 0 Å². The standard InChI is InChI=1S/C8H17NO/c1-3-10-8-6-4-5-7(8)9-2/h7-9H,3-6H2,1-2H3/t7-,8+/m0/s1. The molecule has 1 aliphatic carbocycles. The molecule has 1 N–H and O–H groups in total. The number of nitrogens with one attached hydrogen (secondary N) is 1. The van der Waals surface area contributed by atoms with Crippen molar-refractivity contribution in [2.24, 2.45) is 0 Å². The van der Waals surface area contributed by atoms with Gasteiger partial charge < -0.3 is 10.1 Å². The number of hydrogen-bond acceptors (Lipinski definition) is 2. The third-order valence-electron chi connectivity index (χ3n) is 2.20. The highest BCUT2D eigenvalue weighted by molar-refractivity contribution is 4.82. The average molecular weight is 143 g/mol. The maximum atomic E-state index is 5.54. The fourth-order valence-electron chi connectivity index (χ4n) is 1.67. The molecule has 1 fully saturated rings. The van der Waals surface area contributed by atoms with Gasteiger partial charge in [0.05, 0.1) is 6.10 Å². The number of hydrogen-bond donors (Lipinski definition) is 1. The molecule has 0 aliphatic heterocycles. The van der Waals surface area contributed by atoms with Crippen molar-refractivity contribution in [1.82, 2.24) is 5.32 Å². The van der Waals surface area contributed by atoms with E-state index in [1.165, 1.54) is 19.3 Å². The Kier molecular flexibility index (Phi) is 3.16. The van der Waals surface area contributed by atoms with Gasteiger partial charge in [0.25, 0.3) is 0 Å². The molecule has 0 saturated heterocycles. The minimum Gasteiger partial charge on any atom is -0.377 e. The van der Waals surface area contributed by atoms with Gasteiger partial charge in [-0.25, -0.2) is 0 Å². The minimum atomic E-state index is 0.481. The lowest BCUT2D eigenvalue weighted by Gasteiger charge is -2.18. The molecule has 60 valence electrons. The minimum absolute atomic E-state index is 0.481. The Morgan fingerprint density at radius 3 is 2.90 bits per heavy atom. The normalized spacial score (nSPS) is 33.0. The number of ether oxygens (including phenoxy) is 1. The quantitative estimate of drug-likeness (QED) is 0.640. The van der Waals surface area contributed by atoms with Crippen molar-refractivity contribution in [2.45, 2.75) is 38.3 Å². The van der Waals surface area contributed by atoms with Crippen LogP contribution in [0.2, 0.25) is 0 Å². The molecule has 1 aliphatic rings. The molecule has 2 nitrogen and oxygen atoms in total.